The van der Waals surface area contributed by atoms with E-state index in [-0.39, 0.29) is 18.9 Å². The van der Waals surface area contributed by atoms with Crippen LogP contribution < -0.4 is 10.1 Å². The maximum atomic E-state index is 11.8. The lowest BCUT2D eigenvalue weighted by molar-refractivity contribution is -0.120. The second kappa shape index (κ2) is 7.07. The fourth-order valence-electron chi connectivity index (χ4n) is 1.82. The first-order valence-corrected chi connectivity index (χ1v) is 7.18. The highest BCUT2D eigenvalue weighted by Crippen LogP contribution is 2.18. The molecule has 0 aliphatic rings. The summed E-state index contributed by atoms with van der Waals surface area (Å²) < 4.78 is 5.11. The van der Waals surface area contributed by atoms with Gasteiger partial charge in [-0.25, -0.2) is 0 Å². The average Bonchev–Trinajstić information content (AvgIpc) is 2.99. The van der Waals surface area contributed by atoms with Crippen molar-refractivity contribution in [2.24, 2.45) is 0 Å². The summed E-state index contributed by atoms with van der Waals surface area (Å²) in [6, 6.07) is 11.1. The largest absolute Gasteiger partial charge is 0.497 e. The molecule has 1 heterocycles. The second-order valence-corrected chi connectivity index (χ2v) is 5.34. The summed E-state index contributed by atoms with van der Waals surface area (Å²) >= 11 is 1.47. The van der Waals surface area contributed by atoms with Gasteiger partial charge < -0.3 is 15.2 Å². The van der Waals surface area contributed by atoms with Gasteiger partial charge in [0, 0.05) is 11.4 Å². The van der Waals surface area contributed by atoms with Crippen LogP contribution in [0.25, 0.3) is 0 Å². The van der Waals surface area contributed by atoms with Crippen LogP contribution in [0.5, 0.6) is 5.75 Å². The van der Waals surface area contributed by atoms with Gasteiger partial charge in [-0.2, -0.15) is 0 Å². The highest BCUT2D eigenvalue weighted by Gasteiger charge is 2.10. The molecule has 20 heavy (non-hydrogen) atoms. The Kier molecular flexibility index (Phi) is 5.15. The van der Waals surface area contributed by atoms with Crippen LogP contribution in [-0.4, -0.2) is 24.7 Å². The summed E-state index contributed by atoms with van der Waals surface area (Å²) in [4.78, 5) is 12.7. The van der Waals surface area contributed by atoms with Crippen LogP contribution in [0.1, 0.15) is 16.5 Å². The summed E-state index contributed by atoms with van der Waals surface area (Å²) in [6.45, 7) is 0.226. The minimum absolute atomic E-state index is 0.117. The molecule has 2 rings (SSSR count). The Balaban J connectivity index is 1.83. The normalized spacial score (nSPS) is 11.9. The van der Waals surface area contributed by atoms with Gasteiger partial charge in [0.1, 0.15) is 11.9 Å². The molecule has 1 atom stereocenters. The highest BCUT2D eigenvalue weighted by atomic mass is 32.1. The molecule has 0 radical (unpaired) electrons. The maximum Gasteiger partial charge on any atom is 0.224 e. The average molecular weight is 291 g/mol. The number of carbonyl (C=O) groups is 1. The third kappa shape index (κ3) is 4.08. The summed E-state index contributed by atoms with van der Waals surface area (Å²) in [5.74, 6) is 0.614. The number of nitrogens with one attached hydrogen (secondary N) is 1. The van der Waals surface area contributed by atoms with Crippen LogP contribution >= 0.6 is 11.3 Å². The fourth-order valence-corrected chi connectivity index (χ4v) is 2.53. The predicted octanol–water partition coefficient (Wildman–Crippen LogP) is 2.15. The topological polar surface area (TPSA) is 58.6 Å². The highest BCUT2D eigenvalue weighted by molar-refractivity contribution is 7.10. The number of benzene rings is 1. The lowest BCUT2D eigenvalue weighted by atomic mass is 10.1. The Bertz CT molecular complexity index is 554. The number of carbonyl (C=O) groups excluding carboxylic acids is 1. The molecular formula is C15H17NO3S. The van der Waals surface area contributed by atoms with E-state index in [0.717, 1.165) is 16.2 Å². The van der Waals surface area contributed by atoms with Crippen molar-refractivity contribution in [3.63, 3.8) is 0 Å². The fraction of sp³-hybridized carbons (Fsp3) is 0.267. The van der Waals surface area contributed by atoms with Gasteiger partial charge in [0.05, 0.1) is 13.5 Å². The molecule has 2 N–H and O–H groups in total. The quantitative estimate of drug-likeness (QED) is 0.857. The molecule has 0 bridgehead atoms. The Morgan fingerprint density at radius 3 is 2.95 bits per heavy atom. The van der Waals surface area contributed by atoms with Crippen LogP contribution in [0.4, 0.5) is 0 Å². The van der Waals surface area contributed by atoms with Crippen molar-refractivity contribution in [1.82, 2.24) is 5.32 Å². The standard InChI is InChI=1S/C15H17NO3S/c1-19-12-5-2-4-11(8-12)9-15(18)16-10-13(17)14-6-3-7-20-14/h2-8,13,17H,9-10H2,1H3,(H,16,18). The monoisotopic (exact) mass is 291 g/mol. The zero-order valence-corrected chi connectivity index (χ0v) is 12.0. The lowest BCUT2D eigenvalue weighted by Gasteiger charge is -2.10. The number of ether oxygens (including phenoxy) is 1. The van der Waals surface area contributed by atoms with Gasteiger partial charge in [0.2, 0.25) is 5.91 Å². The van der Waals surface area contributed by atoms with Crippen molar-refractivity contribution >= 4 is 17.2 Å². The molecule has 0 fully saturated rings. The van der Waals surface area contributed by atoms with Crippen molar-refractivity contribution in [3.8, 4) is 5.75 Å². The van der Waals surface area contributed by atoms with Crippen LogP contribution in [-0.2, 0) is 11.2 Å². The van der Waals surface area contributed by atoms with Crippen LogP contribution in [0, 0.1) is 0 Å². The molecule has 1 unspecified atom stereocenters. The van der Waals surface area contributed by atoms with Gasteiger partial charge in [0.15, 0.2) is 0 Å². The van der Waals surface area contributed by atoms with E-state index >= 15 is 0 Å². The molecule has 0 saturated heterocycles. The van der Waals surface area contributed by atoms with E-state index in [4.69, 9.17) is 4.74 Å². The zero-order valence-electron chi connectivity index (χ0n) is 11.2. The lowest BCUT2D eigenvalue weighted by Crippen LogP contribution is -2.29. The molecular weight excluding hydrogens is 274 g/mol. The van der Waals surface area contributed by atoms with Crippen LogP contribution in [0.15, 0.2) is 41.8 Å². The number of aliphatic hydroxyl groups excluding tert-OH is 1. The first-order chi connectivity index (χ1) is 9.69. The Morgan fingerprint density at radius 2 is 2.25 bits per heavy atom. The van der Waals surface area contributed by atoms with Crippen molar-refractivity contribution in [3.05, 3.63) is 52.2 Å². The van der Waals surface area contributed by atoms with E-state index < -0.39 is 6.10 Å². The van der Waals surface area contributed by atoms with E-state index in [1.807, 2.05) is 41.8 Å². The van der Waals surface area contributed by atoms with Crippen molar-refractivity contribution in [1.29, 1.82) is 0 Å². The van der Waals surface area contributed by atoms with Gasteiger partial charge in [-0.15, -0.1) is 11.3 Å². The SMILES string of the molecule is COc1cccc(CC(=O)NCC(O)c2cccs2)c1. The van der Waals surface area contributed by atoms with E-state index in [9.17, 15) is 9.90 Å². The molecule has 0 aliphatic heterocycles. The van der Waals surface area contributed by atoms with Gasteiger partial charge in [-0.1, -0.05) is 18.2 Å². The summed E-state index contributed by atoms with van der Waals surface area (Å²) in [6.07, 6.45) is -0.377. The van der Waals surface area contributed by atoms with E-state index in [1.54, 1.807) is 7.11 Å². The van der Waals surface area contributed by atoms with E-state index in [2.05, 4.69) is 5.32 Å². The smallest absolute Gasteiger partial charge is 0.224 e. The number of hydrogen-bond donors (Lipinski definition) is 2. The number of amides is 1. The van der Waals surface area contributed by atoms with Crippen molar-refractivity contribution in [2.75, 3.05) is 13.7 Å². The molecule has 0 spiro atoms. The Morgan fingerprint density at radius 1 is 1.40 bits per heavy atom. The first kappa shape index (κ1) is 14.6. The summed E-state index contributed by atoms with van der Waals surface area (Å²) in [5.41, 5.74) is 0.882. The number of aliphatic hydroxyl groups is 1. The van der Waals surface area contributed by atoms with Crippen LogP contribution in [0.3, 0.4) is 0 Å². The third-order valence-corrected chi connectivity index (χ3v) is 3.84. The molecule has 0 aliphatic carbocycles. The predicted molar refractivity (Wildman–Crippen MR) is 79.0 cm³/mol. The molecule has 1 aromatic carbocycles. The minimum atomic E-state index is -0.649. The zero-order chi connectivity index (χ0) is 14.4. The molecule has 1 aromatic heterocycles. The Labute approximate surface area is 122 Å². The third-order valence-electron chi connectivity index (χ3n) is 2.86. The molecule has 4 nitrogen and oxygen atoms in total. The number of hydrogen-bond acceptors (Lipinski definition) is 4. The number of thiophene rings is 1. The van der Waals surface area contributed by atoms with E-state index in [0.29, 0.717) is 0 Å². The van der Waals surface area contributed by atoms with Crippen molar-refractivity contribution in [2.45, 2.75) is 12.5 Å². The van der Waals surface area contributed by atoms with Gasteiger partial charge in [-0.3, -0.25) is 4.79 Å². The number of methoxy groups -OCH3 is 1. The first-order valence-electron chi connectivity index (χ1n) is 6.30. The number of rotatable bonds is 6. The molecule has 5 heteroatoms. The molecule has 0 saturated carbocycles. The maximum absolute atomic E-state index is 11.8. The Hall–Kier alpha value is -1.85. The van der Waals surface area contributed by atoms with Gasteiger partial charge in [0.25, 0.3) is 0 Å². The molecule has 2 aromatic rings. The molecule has 106 valence electrons. The summed E-state index contributed by atoms with van der Waals surface area (Å²) in [5, 5.41) is 14.5. The molecule has 1 amide bonds. The van der Waals surface area contributed by atoms with E-state index in [1.165, 1.54) is 11.3 Å². The van der Waals surface area contributed by atoms with Crippen molar-refractivity contribution < 1.29 is 14.6 Å². The van der Waals surface area contributed by atoms with Gasteiger partial charge >= 0.3 is 0 Å². The minimum Gasteiger partial charge on any atom is -0.497 e. The van der Waals surface area contributed by atoms with Crippen LogP contribution in [0.2, 0.25) is 0 Å². The van der Waals surface area contributed by atoms with Gasteiger partial charge in [-0.05, 0) is 29.1 Å². The summed E-state index contributed by atoms with van der Waals surface area (Å²) in [7, 11) is 1.59. The second-order valence-electron chi connectivity index (χ2n) is 4.36.